The molecule has 0 fully saturated rings. The van der Waals surface area contributed by atoms with E-state index in [4.69, 9.17) is 7.94 Å². The topological polar surface area (TPSA) is 52.6 Å². The van der Waals surface area contributed by atoms with Gasteiger partial charge in [-0.15, -0.1) is 0 Å². The molecule has 51 heavy (non-hydrogen) atoms. The molecular weight excluding hydrogens is 686 g/mol. The molecule has 0 rings (SSSR count). The van der Waals surface area contributed by atoms with Gasteiger partial charge in [-0.05, 0) is 0 Å². The van der Waals surface area contributed by atoms with Gasteiger partial charge in [0.1, 0.15) is 0 Å². The number of hydrogen-bond acceptors (Lipinski definition) is 4. The molecule has 7 heteroatoms. The zero-order chi connectivity index (χ0) is 38.3. The van der Waals surface area contributed by atoms with E-state index in [1.807, 2.05) is 0 Å². The van der Waals surface area contributed by atoms with Crippen molar-refractivity contribution >= 4 is 24.1 Å². The molecule has 0 saturated carbocycles. The first-order valence-electron chi connectivity index (χ1n) is 23.2. The minimum absolute atomic E-state index is 0.906. The van der Waals surface area contributed by atoms with Gasteiger partial charge < -0.3 is 0 Å². The predicted octanol–water partition coefficient (Wildman–Crippen LogP) is 16.3. The van der Waals surface area contributed by atoms with Gasteiger partial charge in [0.05, 0.1) is 0 Å². The van der Waals surface area contributed by atoms with Crippen molar-refractivity contribution in [2.24, 2.45) is 0 Å². The van der Waals surface area contributed by atoms with E-state index in [0.29, 0.717) is 0 Å². The average molecular weight is 783 g/mol. The van der Waals surface area contributed by atoms with E-state index in [2.05, 4.69) is 55.4 Å². The van der Waals surface area contributed by atoms with Crippen LogP contribution in [-0.4, -0.2) is 57.7 Å². The van der Waals surface area contributed by atoms with Crippen molar-refractivity contribution < 1.29 is 16.4 Å². The van der Waals surface area contributed by atoms with Crippen LogP contribution in [0.1, 0.15) is 235 Å². The second-order valence-electron chi connectivity index (χ2n) is 17.1. The van der Waals surface area contributed by atoms with Crippen LogP contribution in [0.5, 0.6) is 0 Å². The Morgan fingerprint density at radius 1 is 0.275 bits per heavy atom. The van der Waals surface area contributed by atoms with E-state index in [1.54, 1.807) is 0 Å². The molecule has 0 saturated heterocycles. The molecule has 0 heterocycles. The van der Waals surface area contributed by atoms with E-state index >= 15 is 8.42 Å². The van der Waals surface area contributed by atoms with Gasteiger partial charge >= 0.3 is 325 Å². The molecule has 0 spiro atoms. The minimum atomic E-state index is -4.19. The van der Waals surface area contributed by atoms with E-state index in [0.717, 1.165) is 101 Å². The third kappa shape index (κ3) is 21.6. The summed E-state index contributed by atoms with van der Waals surface area (Å²) in [5.41, 5.74) is 0. The third-order valence-corrected chi connectivity index (χ3v) is 29.0. The first-order chi connectivity index (χ1) is 24.5. The van der Waals surface area contributed by atoms with Gasteiger partial charge in [-0.1, -0.05) is 0 Å². The Kier molecular flexibility index (Phi) is 30.4. The van der Waals surface area contributed by atoms with Gasteiger partial charge in [-0.25, -0.2) is 0 Å². The van der Waals surface area contributed by atoms with Crippen LogP contribution in [0.2, 0.25) is 0 Å². The zero-order valence-electron chi connectivity index (χ0n) is 36.4. The molecule has 4 nitrogen and oxygen atoms in total. The molecule has 0 radical (unpaired) electrons. The van der Waals surface area contributed by atoms with Crippen molar-refractivity contribution in [1.82, 2.24) is 0 Å². The Bertz CT molecular complexity index is 798. The molecule has 312 valence electrons. The van der Waals surface area contributed by atoms with Gasteiger partial charge in [0, 0.05) is 0 Å². The second-order valence-corrected chi connectivity index (χ2v) is 30.2. The van der Waals surface area contributed by atoms with Crippen LogP contribution in [0.25, 0.3) is 0 Å². The molecule has 0 aliphatic heterocycles. The first-order valence-corrected chi connectivity index (χ1v) is 30.3. The molecule has 0 N–H and O–H groups in total. The molecule has 0 aliphatic carbocycles. The van der Waals surface area contributed by atoms with Gasteiger partial charge in [0.2, 0.25) is 0 Å². The summed E-state index contributed by atoms with van der Waals surface area (Å²) < 4.78 is 44.5. The van der Waals surface area contributed by atoms with Crippen molar-refractivity contribution in [2.45, 2.75) is 235 Å². The van der Waals surface area contributed by atoms with Crippen molar-refractivity contribution in [3.8, 4) is 0 Å². The van der Waals surface area contributed by atoms with Gasteiger partial charge in [0.15, 0.2) is 0 Å². The fourth-order valence-electron chi connectivity index (χ4n) is 9.60. The third-order valence-electron chi connectivity index (χ3n) is 12.1. The monoisotopic (exact) mass is 783 g/mol. The summed E-state index contributed by atoms with van der Waals surface area (Å²) in [5, 5.41) is 0. The zero-order valence-corrected chi connectivity index (χ0v) is 39.0. The molecule has 0 bridgehead atoms. The Hall–Kier alpha value is 0.730. The summed E-state index contributed by atoms with van der Waals surface area (Å²) >= 11 is 0. The Labute approximate surface area is 323 Å². The second kappa shape index (κ2) is 29.9. The van der Waals surface area contributed by atoms with E-state index < -0.39 is 24.1 Å². The van der Waals surface area contributed by atoms with Crippen LogP contribution in [-0.2, 0) is 18.3 Å². The molecule has 0 aliphatic rings. The molecule has 0 amide bonds. The molecule has 0 aromatic heterocycles. The van der Waals surface area contributed by atoms with Crippen LogP contribution in [0.4, 0.5) is 0 Å². The van der Waals surface area contributed by atoms with Gasteiger partial charge in [-0.3, -0.25) is 0 Å². The average Bonchev–Trinajstić information content (AvgIpc) is 3.08. The standard InChI is InChI=1S/C44H96O4P2S/c1-9-17-21-25-29-33-41-50(42-34-30-26-22-18-10-2,43-35-31-27-23-19-11-3,44-36-32-28-24-20-12-4)48-51(45,46)47-49(37-13-5,38-14-6,39-15-7)40-16-8/h9-44H2,1-8H3. The fraction of sp³-hybridized carbons (Fsp3) is 1.00. The van der Waals surface area contributed by atoms with Crippen molar-refractivity contribution in [3.05, 3.63) is 0 Å². The normalized spacial score (nSPS) is 14.4. The number of hydrogen-bond donors (Lipinski definition) is 0. The summed E-state index contributed by atoms with van der Waals surface area (Å²) in [4.78, 5) is 0. The number of rotatable bonds is 40. The van der Waals surface area contributed by atoms with Crippen molar-refractivity contribution in [3.63, 3.8) is 0 Å². The predicted molar refractivity (Wildman–Crippen MR) is 239 cm³/mol. The van der Waals surface area contributed by atoms with E-state index in [9.17, 15) is 0 Å². The van der Waals surface area contributed by atoms with Gasteiger partial charge in [0.25, 0.3) is 0 Å². The molecule has 0 aromatic rings. The summed E-state index contributed by atoms with van der Waals surface area (Å²) in [7, 11) is -4.19. The van der Waals surface area contributed by atoms with Crippen LogP contribution < -0.4 is 0 Å². The summed E-state index contributed by atoms with van der Waals surface area (Å²) in [6, 6.07) is 0. The quantitative estimate of drug-likeness (QED) is 0.0459. The van der Waals surface area contributed by atoms with Crippen LogP contribution in [0.15, 0.2) is 0 Å². The Balaban J connectivity index is 7.12. The Morgan fingerprint density at radius 2 is 0.471 bits per heavy atom. The molecular formula is C44H96O4P2S. The van der Waals surface area contributed by atoms with Gasteiger partial charge in [-0.2, -0.15) is 0 Å². The van der Waals surface area contributed by atoms with Crippen LogP contribution >= 0.6 is 13.7 Å². The summed E-state index contributed by atoms with van der Waals surface area (Å²) in [6.45, 7) is 11.9. The van der Waals surface area contributed by atoms with Crippen molar-refractivity contribution in [2.75, 3.05) is 49.3 Å². The van der Waals surface area contributed by atoms with Crippen LogP contribution in [0, 0.1) is 0 Å². The summed E-state index contributed by atoms with van der Waals surface area (Å²) in [6.07, 6.45) is 41.1. The van der Waals surface area contributed by atoms with E-state index in [-0.39, 0.29) is 0 Å². The van der Waals surface area contributed by atoms with Crippen molar-refractivity contribution in [1.29, 1.82) is 0 Å². The molecule has 0 aromatic carbocycles. The molecule has 0 unspecified atom stereocenters. The number of unbranched alkanes of at least 4 members (excludes halogenated alkanes) is 20. The Morgan fingerprint density at radius 3 is 0.686 bits per heavy atom. The first kappa shape index (κ1) is 51.7. The maximum absolute atomic E-state index is 15.1. The summed E-state index contributed by atoms with van der Waals surface area (Å²) in [5.74, 6) is 0. The SMILES string of the molecule is CCCCCCCCP(CCCCCCCC)(CCCCCCCC)(CCCCCCCC)OS(=O)(=O)OP(CCC)(CCC)(CCC)CCC. The fourth-order valence-corrected chi connectivity index (χ4v) is 27.8. The molecule has 0 atom stereocenters. The van der Waals surface area contributed by atoms with E-state index in [1.165, 1.54) is 128 Å². The maximum atomic E-state index is 15.1. The van der Waals surface area contributed by atoms with Crippen LogP contribution in [0.3, 0.4) is 0 Å².